The Morgan fingerprint density at radius 1 is 1.19 bits per heavy atom. The quantitative estimate of drug-likeness (QED) is 0.823. The number of thioether (sulfide) groups is 1. The second kappa shape index (κ2) is 8.26. The molecule has 3 rings (SSSR count). The van der Waals surface area contributed by atoms with Gasteiger partial charge in [-0.1, -0.05) is 42.1 Å². The number of aliphatic carboxylic acids is 1. The van der Waals surface area contributed by atoms with Gasteiger partial charge in [-0.3, -0.25) is 14.5 Å². The van der Waals surface area contributed by atoms with Crippen LogP contribution in [0.5, 0.6) is 5.75 Å². The van der Waals surface area contributed by atoms with Crippen LogP contribution in [-0.4, -0.2) is 41.0 Å². The number of amides is 1. The Balaban J connectivity index is 1.68. The Kier molecular flexibility index (Phi) is 5.81. The molecule has 2 aromatic carbocycles. The lowest BCUT2D eigenvalue weighted by Gasteiger charge is -2.22. The number of carbonyl (C=O) groups is 3. The van der Waals surface area contributed by atoms with Gasteiger partial charge in [0.1, 0.15) is 11.8 Å². The molecule has 1 N–H and O–H groups in total. The van der Waals surface area contributed by atoms with Crippen LogP contribution in [0.25, 0.3) is 0 Å². The molecule has 0 aliphatic carbocycles. The fourth-order valence-electron chi connectivity index (χ4n) is 3.07. The van der Waals surface area contributed by atoms with Gasteiger partial charge in [0.15, 0.2) is 0 Å². The van der Waals surface area contributed by atoms with Gasteiger partial charge in [-0.15, -0.1) is 0 Å². The lowest BCUT2D eigenvalue weighted by atomic mass is 10.1. The highest BCUT2D eigenvalue weighted by Gasteiger charge is 2.38. The van der Waals surface area contributed by atoms with Crippen LogP contribution in [0.2, 0.25) is 0 Å². The van der Waals surface area contributed by atoms with Crippen molar-refractivity contribution in [3.63, 3.8) is 0 Å². The highest BCUT2D eigenvalue weighted by molar-refractivity contribution is 8.14. The Hall–Kier alpha value is -2.80. The van der Waals surface area contributed by atoms with Crippen LogP contribution in [0, 0.1) is 0 Å². The molecule has 1 unspecified atom stereocenters. The molecule has 27 heavy (non-hydrogen) atoms. The molecule has 7 heteroatoms. The molecule has 0 radical (unpaired) electrons. The van der Waals surface area contributed by atoms with Gasteiger partial charge in [0.2, 0.25) is 11.0 Å². The second-order valence-corrected chi connectivity index (χ2v) is 7.14. The zero-order valence-corrected chi connectivity index (χ0v) is 15.6. The van der Waals surface area contributed by atoms with Crippen LogP contribution in [0.15, 0.2) is 48.5 Å². The maximum atomic E-state index is 12.7. The molecule has 6 nitrogen and oxygen atoms in total. The van der Waals surface area contributed by atoms with Crippen molar-refractivity contribution >= 4 is 34.4 Å². The van der Waals surface area contributed by atoms with Gasteiger partial charge < -0.3 is 9.84 Å². The average molecular weight is 385 g/mol. The maximum absolute atomic E-state index is 12.7. The summed E-state index contributed by atoms with van der Waals surface area (Å²) in [4.78, 5) is 37.8. The standard InChI is InChI=1S/C20H19NO5S/c1-26-15-7-8-16-14(11-15)12-17(19(23)24)21(16)18(22)9-10-27-20(25)13-5-3-2-4-6-13/h2-8,11,17H,9-10,12H2,1H3,(H,23,24). The van der Waals surface area contributed by atoms with E-state index in [1.807, 2.05) is 6.07 Å². The third-order valence-electron chi connectivity index (χ3n) is 4.38. The molecule has 0 fully saturated rings. The van der Waals surface area contributed by atoms with Gasteiger partial charge in [0.05, 0.1) is 7.11 Å². The number of ether oxygens (including phenoxy) is 1. The van der Waals surface area contributed by atoms with Crippen LogP contribution in [0.3, 0.4) is 0 Å². The van der Waals surface area contributed by atoms with Crippen LogP contribution >= 0.6 is 11.8 Å². The van der Waals surface area contributed by atoms with E-state index < -0.39 is 12.0 Å². The number of carboxylic acids is 1. The summed E-state index contributed by atoms with van der Waals surface area (Å²) in [7, 11) is 1.54. The molecule has 2 aromatic rings. The van der Waals surface area contributed by atoms with Gasteiger partial charge >= 0.3 is 5.97 Å². The molecule has 1 amide bonds. The van der Waals surface area contributed by atoms with E-state index in [1.54, 1.807) is 42.5 Å². The highest BCUT2D eigenvalue weighted by Crippen LogP contribution is 2.35. The third-order valence-corrected chi connectivity index (χ3v) is 5.29. The number of hydrogen-bond acceptors (Lipinski definition) is 5. The summed E-state index contributed by atoms with van der Waals surface area (Å²) in [5, 5.41) is 9.40. The van der Waals surface area contributed by atoms with Crippen LogP contribution in [-0.2, 0) is 16.0 Å². The molecule has 1 aliphatic heterocycles. The first-order valence-corrected chi connectivity index (χ1v) is 9.43. The number of nitrogens with zero attached hydrogens (tertiary/aromatic N) is 1. The maximum Gasteiger partial charge on any atom is 0.327 e. The van der Waals surface area contributed by atoms with Gasteiger partial charge in [-0.05, 0) is 23.8 Å². The second-order valence-electron chi connectivity index (χ2n) is 6.07. The number of carbonyl (C=O) groups excluding carboxylic acids is 2. The molecule has 0 spiro atoms. The topological polar surface area (TPSA) is 83.9 Å². The van der Waals surface area contributed by atoms with Crippen molar-refractivity contribution in [2.24, 2.45) is 0 Å². The molecule has 1 atom stereocenters. The summed E-state index contributed by atoms with van der Waals surface area (Å²) < 4.78 is 5.17. The van der Waals surface area contributed by atoms with Gasteiger partial charge in [-0.25, -0.2) is 4.79 Å². The van der Waals surface area contributed by atoms with E-state index in [0.717, 1.165) is 17.3 Å². The summed E-state index contributed by atoms with van der Waals surface area (Å²) in [6.45, 7) is 0. The van der Waals surface area contributed by atoms with Crippen LogP contribution in [0.1, 0.15) is 22.3 Å². The molecule has 0 saturated carbocycles. The summed E-state index contributed by atoms with van der Waals surface area (Å²) in [5.41, 5.74) is 1.94. The smallest absolute Gasteiger partial charge is 0.327 e. The predicted octanol–water partition coefficient (Wildman–Crippen LogP) is 3.00. The molecule has 140 valence electrons. The number of benzene rings is 2. The highest BCUT2D eigenvalue weighted by atomic mass is 32.2. The van der Waals surface area contributed by atoms with E-state index in [9.17, 15) is 19.5 Å². The summed E-state index contributed by atoms with van der Waals surface area (Å²) >= 11 is 1.06. The molecule has 0 aromatic heterocycles. The number of hydrogen-bond donors (Lipinski definition) is 1. The zero-order valence-electron chi connectivity index (χ0n) is 14.8. The lowest BCUT2D eigenvalue weighted by Crippen LogP contribution is -2.43. The summed E-state index contributed by atoms with van der Waals surface area (Å²) in [5.74, 6) is -0.441. The van der Waals surface area contributed by atoms with Crippen LogP contribution < -0.4 is 9.64 Å². The molecule has 0 bridgehead atoms. The van der Waals surface area contributed by atoms with Crippen molar-refractivity contribution in [3.05, 3.63) is 59.7 Å². The van der Waals surface area contributed by atoms with Gasteiger partial charge in [0, 0.05) is 29.8 Å². The number of methoxy groups -OCH3 is 1. The molecule has 1 heterocycles. The minimum Gasteiger partial charge on any atom is -0.497 e. The minimum absolute atomic E-state index is 0.0818. The first kappa shape index (κ1) is 19.0. The van der Waals surface area contributed by atoms with Gasteiger partial charge in [-0.2, -0.15) is 0 Å². The Labute approximate surface area is 161 Å². The third kappa shape index (κ3) is 4.14. The molecule has 1 aliphatic rings. The zero-order chi connectivity index (χ0) is 19.4. The fourth-order valence-corrected chi connectivity index (χ4v) is 3.83. The first-order valence-electron chi connectivity index (χ1n) is 8.45. The molecular formula is C20H19NO5S. The van der Waals surface area contributed by atoms with E-state index in [4.69, 9.17) is 4.74 Å². The minimum atomic E-state index is -1.05. The average Bonchev–Trinajstić information content (AvgIpc) is 3.07. The number of anilines is 1. The van der Waals surface area contributed by atoms with Crippen molar-refractivity contribution in [1.82, 2.24) is 0 Å². The Bertz CT molecular complexity index is 868. The number of fused-ring (bicyclic) bond motifs is 1. The van der Waals surface area contributed by atoms with Crippen molar-refractivity contribution in [1.29, 1.82) is 0 Å². The van der Waals surface area contributed by atoms with Crippen molar-refractivity contribution in [2.45, 2.75) is 18.9 Å². The SMILES string of the molecule is COc1ccc2c(c1)CC(C(=O)O)N2C(=O)CCSC(=O)c1ccccc1. The van der Waals surface area contributed by atoms with Crippen molar-refractivity contribution < 1.29 is 24.2 Å². The van der Waals surface area contributed by atoms with Gasteiger partial charge in [0.25, 0.3) is 0 Å². The van der Waals surface area contributed by atoms with Crippen molar-refractivity contribution in [3.8, 4) is 5.75 Å². The number of rotatable bonds is 6. The summed E-state index contributed by atoms with van der Waals surface area (Å²) in [6, 6.07) is 13.1. The first-order chi connectivity index (χ1) is 13.0. The van der Waals surface area contributed by atoms with E-state index in [1.165, 1.54) is 12.0 Å². The molecule has 0 saturated heterocycles. The van der Waals surface area contributed by atoms with Crippen molar-refractivity contribution in [2.75, 3.05) is 17.8 Å². The Morgan fingerprint density at radius 2 is 1.93 bits per heavy atom. The van der Waals surface area contributed by atoms with E-state index in [-0.39, 0.29) is 23.9 Å². The summed E-state index contributed by atoms with van der Waals surface area (Å²) in [6.07, 6.45) is 0.322. The van der Waals surface area contributed by atoms with E-state index >= 15 is 0 Å². The normalized spacial score (nSPS) is 15.3. The largest absolute Gasteiger partial charge is 0.497 e. The fraction of sp³-hybridized carbons (Fsp3) is 0.250. The lowest BCUT2D eigenvalue weighted by molar-refractivity contribution is -0.139. The van der Waals surface area contributed by atoms with E-state index in [2.05, 4.69) is 0 Å². The predicted molar refractivity (Wildman–Crippen MR) is 103 cm³/mol. The Morgan fingerprint density at radius 3 is 2.59 bits per heavy atom. The molecular weight excluding hydrogens is 366 g/mol. The monoisotopic (exact) mass is 385 g/mol. The van der Waals surface area contributed by atoms with E-state index in [0.29, 0.717) is 22.8 Å². The van der Waals surface area contributed by atoms with Crippen LogP contribution in [0.4, 0.5) is 5.69 Å². The number of carboxylic acid groups (broad SMARTS) is 1.